The number of hydrogen-bond acceptors (Lipinski definition) is 4. The van der Waals surface area contributed by atoms with Gasteiger partial charge in [0.05, 0.1) is 0 Å². The minimum absolute atomic E-state index is 0.209. The third-order valence-electron chi connectivity index (χ3n) is 2.85. The molecule has 0 fully saturated rings. The van der Waals surface area contributed by atoms with E-state index in [2.05, 4.69) is 0 Å². The van der Waals surface area contributed by atoms with Crippen molar-refractivity contribution >= 4 is 18.6 Å². The molecule has 0 heterocycles. The van der Waals surface area contributed by atoms with Crippen molar-refractivity contribution in [3.63, 3.8) is 0 Å². The monoisotopic (exact) mass is 237 g/mol. The van der Waals surface area contributed by atoms with Crippen LogP contribution < -0.4 is 11.2 Å². The Hall–Kier alpha value is -1.37. The molecule has 0 saturated heterocycles. The molecule has 92 valence electrons. The van der Waals surface area contributed by atoms with Gasteiger partial charge < -0.3 is 20.9 Å². The summed E-state index contributed by atoms with van der Waals surface area (Å²) in [7, 11) is -1.52. The van der Waals surface area contributed by atoms with Gasteiger partial charge in [-0.3, -0.25) is 4.79 Å². The molecule has 0 aliphatic heterocycles. The van der Waals surface area contributed by atoms with E-state index in [9.17, 15) is 4.79 Å². The molecule has 0 amide bonds. The molecule has 1 aromatic carbocycles. The Morgan fingerprint density at radius 2 is 1.88 bits per heavy atom. The summed E-state index contributed by atoms with van der Waals surface area (Å²) in [4.78, 5) is 11.0. The van der Waals surface area contributed by atoms with Crippen molar-refractivity contribution in [3.05, 3.63) is 29.8 Å². The van der Waals surface area contributed by atoms with E-state index < -0.39 is 18.6 Å². The second kappa shape index (κ2) is 5.31. The molecular weight excluding hydrogens is 221 g/mol. The second-order valence-corrected chi connectivity index (χ2v) is 4.11. The van der Waals surface area contributed by atoms with Crippen LogP contribution in [0.5, 0.6) is 0 Å². The fourth-order valence-electron chi connectivity index (χ4n) is 1.52. The van der Waals surface area contributed by atoms with E-state index in [-0.39, 0.29) is 6.42 Å². The smallest absolute Gasteiger partial charge is 0.480 e. The Balaban J connectivity index is 2.85. The van der Waals surface area contributed by atoms with Gasteiger partial charge in [-0.15, -0.1) is 0 Å². The summed E-state index contributed by atoms with van der Waals surface area (Å²) in [6.07, 6.45) is 0.535. The minimum atomic E-state index is -1.52. The predicted octanol–water partition coefficient (Wildman–Crippen LogP) is -0.899. The van der Waals surface area contributed by atoms with E-state index in [1.807, 2.05) is 0 Å². The molecule has 5 nitrogen and oxygen atoms in total. The lowest BCUT2D eigenvalue weighted by atomic mass is 9.79. The molecule has 1 aromatic rings. The first kappa shape index (κ1) is 13.7. The number of hydrogen-bond donors (Lipinski definition) is 4. The summed E-state index contributed by atoms with van der Waals surface area (Å²) in [5, 5.41) is 26.9. The zero-order valence-electron chi connectivity index (χ0n) is 9.63. The van der Waals surface area contributed by atoms with Gasteiger partial charge in [0.15, 0.2) is 0 Å². The standard InChI is InChI=1S/C11H16BNO4/c1-2-11(13,10(14)15)7-8-3-5-9(6-4-8)12(16)17/h3-6,16-17H,2,7,13H2,1H3,(H,14,15)/t11-/m0/s1. The zero-order chi connectivity index (χ0) is 13.1. The van der Waals surface area contributed by atoms with Crippen LogP contribution in [-0.4, -0.2) is 33.8 Å². The highest BCUT2D eigenvalue weighted by Gasteiger charge is 2.31. The molecule has 0 bridgehead atoms. The topological polar surface area (TPSA) is 104 Å². The van der Waals surface area contributed by atoms with Crippen molar-refractivity contribution in [2.45, 2.75) is 25.3 Å². The van der Waals surface area contributed by atoms with E-state index >= 15 is 0 Å². The second-order valence-electron chi connectivity index (χ2n) is 4.11. The molecule has 0 spiro atoms. The fourth-order valence-corrected chi connectivity index (χ4v) is 1.52. The van der Waals surface area contributed by atoms with Crippen LogP contribution in [0, 0.1) is 0 Å². The first-order valence-electron chi connectivity index (χ1n) is 5.36. The van der Waals surface area contributed by atoms with Crippen molar-refractivity contribution in [3.8, 4) is 0 Å². The minimum Gasteiger partial charge on any atom is -0.480 e. The number of carboxylic acid groups (broad SMARTS) is 1. The number of rotatable bonds is 5. The summed E-state index contributed by atoms with van der Waals surface area (Å²) in [5.41, 5.74) is 5.61. The summed E-state index contributed by atoms with van der Waals surface area (Å²) in [6.45, 7) is 1.72. The molecule has 0 aliphatic rings. The SMILES string of the molecule is CC[C@](N)(Cc1ccc(B(O)O)cc1)C(=O)O. The molecule has 0 unspecified atom stereocenters. The van der Waals surface area contributed by atoms with Crippen LogP contribution in [0.1, 0.15) is 18.9 Å². The van der Waals surface area contributed by atoms with Gasteiger partial charge >= 0.3 is 13.1 Å². The van der Waals surface area contributed by atoms with Crippen LogP contribution in [-0.2, 0) is 11.2 Å². The first-order chi connectivity index (χ1) is 7.89. The molecule has 6 heteroatoms. The van der Waals surface area contributed by atoms with Gasteiger partial charge in [0, 0.05) is 6.42 Å². The van der Waals surface area contributed by atoms with Crippen LogP contribution in [0.4, 0.5) is 0 Å². The maximum Gasteiger partial charge on any atom is 0.488 e. The Morgan fingerprint density at radius 3 is 2.24 bits per heavy atom. The number of benzene rings is 1. The van der Waals surface area contributed by atoms with Gasteiger partial charge in [0.2, 0.25) is 0 Å². The number of carboxylic acids is 1. The van der Waals surface area contributed by atoms with Crippen molar-refractivity contribution in [2.24, 2.45) is 5.73 Å². The maximum absolute atomic E-state index is 11.0. The van der Waals surface area contributed by atoms with Crippen LogP contribution in [0.25, 0.3) is 0 Å². The first-order valence-corrected chi connectivity index (χ1v) is 5.36. The summed E-state index contributed by atoms with van der Waals surface area (Å²) < 4.78 is 0. The van der Waals surface area contributed by atoms with Crippen molar-refractivity contribution in [1.82, 2.24) is 0 Å². The number of nitrogens with two attached hydrogens (primary N) is 1. The van der Waals surface area contributed by atoms with Crippen LogP contribution in [0.2, 0.25) is 0 Å². The molecular formula is C11H16BNO4. The highest BCUT2D eigenvalue weighted by Crippen LogP contribution is 2.14. The van der Waals surface area contributed by atoms with E-state index in [0.29, 0.717) is 11.9 Å². The Morgan fingerprint density at radius 1 is 1.35 bits per heavy atom. The molecule has 17 heavy (non-hydrogen) atoms. The quantitative estimate of drug-likeness (QED) is 0.497. The van der Waals surface area contributed by atoms with Gasteiger partial charge in [0.1, 0.15) is 5.54 Å². The summed E-state index contributed by atoms with van der Waals surface area (Å²) in [6, 6.07) is 6.37. The lowest BCUT2D eigenvalue weighted by molar-refractivity contribution is -0.143. The molecule has 0 aliphatic carbocycles. The van der Waals surface area contributed by atoms with Gasteiger partial charge in [-0.05, 0) is 17.4 Å². The van der Waals surface area contributed by atoms with E-state index in [1.165, 1.54) is 12.1 Å². The third kappa shape index (κ3) is 3.29. The molecule has 1 atom stereocenters. The largest absolute Gasteiger partial charge is 0.488 e. The van der Waals surface area contributed by atoms with Gasteiger partial charge in [0.25, 0.3) is 0 Å². The zero-order valence-corrected chi connectivity index (χ0v) is 9.63. The molecule has 0 saturated carbocycles. The van der Waals surface area contributed by atoms with E-state index in [0.717, 1.165) is 5.56 Å². The number of carbonyl (C=O) groups is 1. The summed E-state index contributed by atoms with van der Waals surface area (Å²) >= 11 is 0. The third-order valence-corrected chi connectivity index (χ3v) is 2.85. The maximum atomic E-state index is 11.0. The van der Waals surface area contributed by atoms with Gasteiger partial charge in [-0.1, -0.05) is 31.2 Å². The Kier molecular flexibility index (Phi) is 4.28. The normalized spacial score (nSPS) is 14.1. The highest BCUT2D eigenvalue weighted by molar-refractivity contribution is 6.58. The van der Waals surface area contributed by atoms with E-state index in [4.69, 9.17) is 20.9 Å². The van der Waals surface area contributed by atoms with Crippen molar-refractivity contribution < 1.29 is 19.9 Å². The van der Waals surface area contributed by atoms with Crippen LogP contribution in [0.15, 0.2) is 24.3 Å². The average molecular weight is 237 g/mol. The van der Waals surface area contributed by atoms with Crippen molar-refractivity contribution in [2.75, 3.05) is 0 Å². The molecule has 5 N–H and O–H groups in total. The Labute approximate surface area is 100 Å². The van der Waals surface area contributed by atoms with Crippen LogP contribution in [0.3, 0.4) is 0 Å². The lowest BCUT2D eigenvalue weighted by Crippen LogP contribution is -2.49. The summed E-state index contributed by atoms with van der Waals surface area (Å²) in [5.74, 6) is -1.04. The predicted molar refractivity (Wildman–Crippen MR) is 64.8 cm³/mol. The van der Waals surface area contributed by atoms with E-state index in [1.54, 1.807) is 19.1 Å². The van der Waals surface area contributed by atoms with Crippen LogP contribution >= 0.6 is 0 Å². The van der Waals surface area contributed by atoms with Gasteiger partial charge in [-0.2, -0.15) is 0 Å². The molecule has 0 radical (unpaired) electrons. The van der Waals surface area contributed by atoms with Crippen molar-refractivity contribution in [1.29, 1.82) is 0 Å². The molecule has 0 aromatic heterocycles. The average Bonchev–Trinajstić information content (AvgIpc) is 2.29. The van der Waals surface area contributed by atoms with Gasteiger partial charge in [-0.25, -0.2) is 0 Å². The lowest BCUT2D eigenvalue weighted by Gasteiger charge is -2.23. The number of aliphatic carboxylic acids is 1. The fraction of sp³-hybridized carbons (Fsp3) is 0.364. The Bertz CT molecular complexity index is 393. The molecule has 1 rings (SSSR count). The highest BCUT2D eigenvalue weighted by atomic mass is 16.4.